The van der Waals surface area contributed by atoms with E-state index in [1.54, 1.807) is 12.1 Å². The van der Waals surface area contributed by atoms with Crippen molar-refractivity contribution < 1.29 is 22.4 Å². The third-order valence-electron chi connectivity index (χ3n) is 5.52. The molecule has 0 unspecified atom stereocenters. The highest BCUT2D eigenvalue weighted by Crippen LogP contribution is 2.60. The first-order valence-electron chi connectivity index (χ1n) is 8.00. The van der Waals surface area contributed by atoms with Crippen LogP contribution in [-0.2, 0) is 10.2 Å². The van der Waals surface area contributed by atoms with Gasteiger partial charge in [0.25, 0.3) is 0 Å². The Labute approximate surface area is 131 Å². The molecule has 1 aromatic carbocycles. The number of hydrogen-bond donors (Lipinski definition) is 0. The molecule has 2 aliphatic carbocycles. The molecule has 0 radical (unpaired) electrons. The number of benzene rings is 1. The summed E-state index contributed by atoms with van der Waals surface area (Å²) in [5.41, 5.74) is -0.104. The quantitative estimate of drug-likeness (QED) is 0.759. The van der Waals surface area contributed by atoms with Crippen molar-refractivity contribution in [2.24, 2.45) is 5.92 Å². The number of nitrogens with zero attached hydrogens (tertiary/aromatic N) is 1. The van der Waals surface area contributed by atoms with E-state index < -0.39 is 29.9 Å². The molecule has 2 fully saturated rings. The first kappa shape index (κ1) is 15.0. The molecule has 6 heteroatoms. The van der Waals surface area contributed by atoms with E-state index in [-0.39, 0.29) is 11.6 Å². The fraction of sp³-hybridized carbons (Fsp3) is 0.588. The number of amides is 1. The fourth-order valence-corrected chi connectivity index (χ4v) is 4.01. The van der Waals surface area contributed by atoms with Gasteiger partial charge in [-0.05, 0) is 42.2 Å². The summed E-state index contributed by atoms with van der Waals surface area (Å²) in [6, 6.07) is 3.36. The van der Waals surface area contributed by atoms with Crippen LogP contribution in [0.5, 0.6) is 0 Å². The molecule has 1 spiro atoms. The molecule has 0 N–H and O–H groups in total. The molecule has 4 rings (SSSR count). The summed E-state index contributed by atoms with van der Waals surface area (Å²) in [7, 11) is 0. The van der Waals surface area contributed by atoms with Gasteiger partial charge in [-0.25, -0.2) is 4.39 Å². The summed E-state index contributed by atoms with van der Waals surface area (Å²) >= 11 is 0. The lowest BCUT2D eigenvalue weighted by atomic mass is 9.95. The maximum atomic E-state index is 15.0. The largest absolute Gasteiger partial charge is 0.406 e. The Morgan fingerprint density at radius 2 is 2.00 bits per heavy atom. The first-order chi connectivity index (χ1) is 10.8. The van der Waals surface area contributed by atoms with Gasteiger partial charge in [0.05, 0.1) is 11.1 Å². The fourth-order valence-electron chi connectivity index (χ4n) is 4.01. The van der Waals surface area contributed by atoms with E-state index in [4.69, 9.17) is 0 Å². The molecular formula is C17H17F4NO. The molecule has 1 heterocycles. The van der Waals surface area contributed by atoms with Gasteiger partial charge in [-0.3, -0.25) is 9.69 Å². The van der Waals surface area contributed by atoms with Crippen LogP contribution in [0.15, 0.2) is 12.1 Å². The average molecular weight is 327 g/mol. The number of alkyl halides is 3. The number of hydrogen-bond acceptors (Lipinski definition) is 1. The standard InChI is InChI=1S/C17H17F4NO/c1-2-9-7-11(9)10-3-4-12-14(13(10)18)22(8-17(19,20)21)15(23)16(12)5-6-16/h3-4,9,11H,2,5-8H2,1H3/t9-,11-/m0/s1. The SMILES string of the molecule is CC[C@H]1C[C@@H]1c1ccc2c(c1F)N(CC(F)(F)F)C(=O)C21CC1. The Morgan fingerprint density at radius 1 is 1.30 bits per heavy atom. The third kappa shape index (κ3) is 2.10. The summed E-state index contributed by atoms with van der Waals surface area (Å²) in [5, 5.41) is 0. The summed E-state index contributed by atoms with van der Waals surface area (Å²) in [6.07, 6.45) is -1.73. The van der Waals surface area contributed by atoms with Gasteiger partial charge in [0.2, 0.25) is 5.91 Å². The Kier molecular flexibility index (Phi) is 2.92. The van der Waals surface area contributed by atoms with Gasteiger partial charge in [-0.1, -0.05) is 25.5 Å². The Morgan fingerprint density at radius 3 is 2.52 bits per heavy atom. The minimum Gasteiger partial charge on any atom is -0.299 e. The van der Waals surface area contributed by atoms with Crippen LogP contribution in [0.25, 0.3) is 0 Å². The predicted molar refractivity (Wildman–Crippen MR) is 76.9 cm³/mol. The summed E-state index contributed by atoms with van der Waals surface area (Å²) in [6.45, 7) is 0.609. The van der Waals surface area contributed by atoms with Crippen molar-refractivity contribution in [3.63, 3.8) is 0 Å². The van der Waals surface area contributed by atoms with Crippen LogP contribution in [-0.4, -0.2) is 18.6 Å². The zero-order chi connectivity index (χ0) is 16.6. The zero-order valence-electron chi connectivity index (χ0n) is 12.7. The van der Waals surface area contributed by atoms with Gasteiger partial charge in [-0.15, -0.1) is 0 Å². The average Bonchev–Trinajstić information content (AvgIpc) is 3.35. The van der Waals surface area contributed by atoms with E-state index >= 15 is 0 Å². The van der Waals surface area contributed by atoms with Crippen molar-refractivity contribution in [2.75, 3.05) is 11.4 Å². The second-order valence-electron chi connectivity index (χ2n) is 6.96. The van der Waals surface area contributed by atoms with E-state index in [2.05, 4.69) is 0 Å². The van der Waals surface area contributed by atoms with Gasteiger partial charge >= 0.3 is 6.18 Å². The van der Waals surface area contributed by atoms with Gasteiger partial charge in [0, 0.05) is 0 Å². The van der Waals surface area contributed by atoms with Crippen LogP contribution in [0.4, 0.5) is 23.2 Å². The Hall–Kier alpha value is -1.59. The van der Waals surface area contributed by atoms with Crippen LogP contribution < -0.4 is 4.90 Å². The van der Waals surface area contributed by atoms with Crippen molar-refractivity contribution in [1.29, 1.82) is 0 Å². The number of carbonyl (C=O) groups is 1. The smallest absolute Gasteiger partial charge is 0.299 e. The van der Waals surface area contributed by atoms with Gasteiger partial charge in [0.15, 0.2) is 5.82 Å². The minimum absolute atomic E-state index is 0.0730. The number of anilines is 1. The highest BCUT2D eigenvalue weighted by Gasteiger charge is 2.61. The molecule has 0 saturated heterocycles. The van der Waals surface area contributed by atoms with Crippen molar-refractivity contribution in [1.82, 2.24) is 0 Å². The highest BCUT2D eigenvalue weighted by atomic mass is 19.4. The van der Waals surface area contributed by atoms with Crippen LogP contribution in [0.1, 0.15) is 49.7 Å². The van der Waals surface area contributed by atoms with Crippen molar-refractivity contribution in [3.05, 3.63) is 29.1 Å². The molecule has 124 valence electrons. The van der Waals surface area contributed by atoms with Crippen molar-refractivity contribution in [2.45, 2.75) is 50.1 Å². The molecule has 2 saturated carbocycles. The van der Waals surface area contributed by atoms with E-state index in [1.165, 1.54) is 0 Å². The number of carbonyl (C=O) groups excluding carboxylic acids is 1. The molecule has 2 nitrogen and oxygen atoms in total. The van der Waals surface area contributed by atoms with E-state index in [0.29, 0.717) is 34.8 Å². The van der Waals surface area contributed by atoms with Gasteiger partial charge in [-0.2, -0.15) is 13.2 Å². The van der Waals surface area contributed by atoms with E-state index in [1.807, 2.05) is 6.92 Å². The third-order valence-corrected chi connectivity index (χ3v) is 5.52. The maximum absolute atomic E-state index is 15.0. The van der Waals surface area contributed by atoms with Crippen molar-refractivity contribution in [3.8, 4) is 0 Å². The second kappa shape index (κ2) is 4.48. The molecule has 1 aliphatic heterocycles. The van der Waals surface area contributed by atoms with Crippen LogP contribution in [0, 0.1) is 11.7 Å². The number of halogens is 4. The maximum Gasteiger partial charge on any atom is 0.406 e. The Balaban J connectivity index is 1.79. The first-order valence-corrected chi connectivity index (χ1v) is 8.00. The number of fused-ring (bicyclic) bond motifs is 2. The van der Waals surface area contributed by atoms with Crippen LogP contribution >= 0.6 is 0 Å². The molecule has 0 aromatic heterocycles. The monoisotopic (exact) mass is 327 g/mol. The lowest BCUT2D eigenvalue weighted by Gasteiger charge is -2.21. The topological polar surface area (TPSA) is 20.3 Å². The lowest BCUT2D eigenvalue weighted by Crippen LogP contribution is -2.39. The molecule has 2 atom stereocenters. The minimum atomic E-state index is -4.54. The second-order valence-corrected chi connectivity index (χ2v) is 6.96. The van der Waals surface area contributed by atoms with E-state index in [9.17, 15) is 22.4 Å². The van der Waals surface area contributed by atoms with Crippen molar-refractivity contribution >= 4 is 11.6 Å². The number of rotatable bonds is 3. The highest BCUT2D eigenvalue weighted by molar-refractivity contribution is 6.10. The summed E-state index contributed by atoms with van der Waals surface area (Å²) < 4.78 is 53.5. The van der Waals surface area contributed by atoms with E-state index in [0.717, 1.165) is 12.8 Å². The molecule has 23 heavy (non-hydrogen) atoms. The molecule has 3 aliphatic rings. The van der Waals surface area contributed by atoms with Gasteiger partial charge in [0.1, 0.15) is 6.54 Å². The summed E-state index contributed by atoms with van der Waals surface area (Å²) in [4.78, 5) is 13.1. The van der Waals surface area contributed by atoms with Gasteiger partial charge < -0.3 is 0 Å². The lowest BCUT2D eigenvalue weighted by molar-refractivity contribution is -0.133. The van der Waals surface area contributed by atoms with Crippen LogP contribution in [0.2, 0.25) is 0 Å². The summed E-state index contributed by atoms with van der Waals surface area (Å²) in [5.74, 6) is -0.747. The molecular weight excluding hydrogens is 310 g/mol. The molecule has 0 bridgehead atoms. The molecule has 1 amide bonds. The molecule has 1 aromatic rings. The van der Waals surface area contributed by atoms with Crippen LogP contribution in [0.3, 0.4) is 0 Å². The Bertz CT molecular complexity index is 693. The normalized spacial score (nSPS) is 27.5. The zero-order valence-corrected chi connectivity index (χ0v) is 12.7. The predicted octanol–water partition coefficient (Wildman–Crippen LogP) is 4.28.